The highest BCUT2D eigenvalue weighted by Crippen LogP contribution is 2.25. The maximum Gasteiger partial charge on any atom is 0.170 e. The molecule has 7 heteroatoms. The van der Waals surface area contributed by atoms with E-state index in [4.69, 9.17) is 0 Å². The summed E-state index contributed by atoms with van der Waals surface area (Å²) in [6, 6.07) is 1.94. The minimum absolute atomic E-state index is 0.0542. The van der Waals surface area contributed by atoms with Crippen LogP contribution in [-0.4, -0.2) is 43.5 Å². The van der Waals surface area contributed by atoms with Gasteiger partial charge in [-0.2, -0.15) is 0 Å². The van der Waals surface area contributed by atoms with Crippen LogP contribution in [0.15, 0.2) is 12.3 Å². The summed E-state index contributed by atoms with van der Waals surface area (Å²) in [5, 5.41) is 3.29. The van der Waals surface area contributed by atoms with Gasteiger partial charge in [-0.05, 0) is 25.8 Å². The molecule has 1 aromatic rings. The van der Waals surface area contributed by atoms with E-state index >= 15 is 0 Å². The molecule has 0 spiro atoms. The van der Waals surface area contributed by atoms with Crippen LogP contribution in [0.3, 0.4) is 0 Å². The van der Waals surface area contributed by atoms with Crippen LogP contribution in [0.25, 0.3) is 0 Å². The Balaban J connectivity index is 1.79. The van der Waals surface area contributed by atoms with E-state index in [1.54, 1.807) is 24.1 Å². The standard InChI is InChI=1S/C14H20FN3O2S/c1-10-9-21(19,20)7-6-18(10)14-13(15)11(4-5-16-14)8-17-12-2-3-12/h4-5,10,12,17H,2-3,6-9H2,1H3. The van der Waals surface area contributed by atoms with E-state index in [0.29, 0.717) is 24.7 Å². The molecule has 1 aromatic heterocycles. The van der Waals surface area contributed by atoms with Gasteiger partial charge in [0.1, 0.15) is 0 Å². The van der Waals surface area contributed by atoms with Crippen molar-refractivity contribution < 1.29 is 12.8 Å². The molecule has 21 heavy (non-hydrogen) atoms. The van der Waals surface area contributed by atoms with E-state index in [9.17, 15) is 12.8 Å². The zero-order valence-electron chi connectivity index (χ0n) is 12.0. The van der Waals surface area contributed by atoms with Crippen molar-refractivity contribution in [3.63, 3.8) is 0 Å². The summed E-state index contributed by atoms with van der Waals surface area (Å²) < 4.78 is 37.8. The maximum atomic E-state index is 14.6. The van der Waals surface area contributed by atoms with Crippen molar-refractivity contribution in [2.24, 2.45) is 0 Å². The third-order valence-electron chi connectivity index (χ3n) is 4.05. The van der Waals surface area contributed by atoms with E-state index in [0.717, 1.165) is 12.8 Å². The van der Waals surface area contributed by atoms with Gasteiger partial charge in [0.25, 0.3) is 0 Å². The molecule has 1 unspecified atom stereocenters. The third kappa shape index (κ3) is 3.35. The normalized spacial score (nSPS) is 25.0. The maximum absolute atomic E-state index is 14.6. The van der Waals surface area contributed by atoms with Gasteiger partial charge in [0.15, 0.2) is 21.5 Å². The summed E-state index contributed by atoms with van der Waals surface area (Å²) in [6.45, 7) is 2.59. The van der Waals surface area contributed by atoms with E-state index in [1.165, 1.54) is 0 Å². The SMILES string of the molecule is CC1CS(=O)(=O)CCN1c1nccc(CNC2CC2)c1F. The zero-order chi connectivity index (χ0) is 15.0. The van der Waals surface area contributed by atoms with Crippen LogP contribution in [0.1, 0.15) is 25.3 Å². The summed E-state index contributed by atoms with van der Waals surface area (Å²) in [5.74, 6) is 0.0473. The molecule has 1 aliphatic carbocycles. The Labute approximate surface area is 124 Å². The Kier molecular flexibility index (Phi) is 3.88. The zero-order valence-corrected chi connectivity index (χ0v) is 12.9. The monoisotopic (exact) mass is 313 g/mol. The molecule has 2 aliphatic rings. The van der Waals surface area contributed by atoms with Crippen molar-refractivity contribution in [2.45, 2.75) is 38.4 Å². The van der Waals surface area contributed by atoms with Crippen LogP contribution in [0, 0.1) is 5.82 Å². The van der Waals surface area contributed by atoms with Crippen molar-refractivity contribution >= 4 is 15.7 Å². The Hall–Kier alpha value is -1.21. The second kappa shape index (κ2) is 5.53. The smallest absolute Gasteiger partial charge is 0.170 e. The van der Waals surface area contributed by atoms with Crippen molar-refractivity contribution in [2.75, 3.05) is 23.0 Å². The molecular formula is C14H20FN3O2S. The van der Waals surface area contributed by atoms with Gasteiger partial charge in [0.05, 0.1) is 11.5 Å². The fourth-order valence-electron chi connectivity index (χ4n) is 2.66. The number of sulfone groups is 1. The fraction of sp³-hybridized carbons (Fsp3) is 0.643. The average molecular weight is 313 g/mol. The molecule has 0 bridgehead atoms. The van der Waals surface area contributed by atoms with E-state index in [1.807, 2.05) is 0 Å². The van der Waals surface area contributed by atoms with Gasteiger partial charge < -0.3 is 10.2 Å². The number of hydrogen-bond acceptors (Lipinski definition) is 5. The summed E-state index contributed by atoms with van der Waals surface area (Å²) in [6.07, 6.45) is 3.90. The van der Waals surface area contributed by atoms with E-state index in [-0.39, 0.29) is 29.2 Å². The third-order valence-corrected chi connectivity index (χ3v) is 5.85. The lowest BCUT2D eigenvalue weighted by atomic mass is 10.2. The molecule has 0 amide bonds. The Bertz CT molecular complexity index is 631. The van der Waals surface area contributed by atoms with Gasteiger partial charge in [0, 0.05) is 36.9 Å². The van der Waals surface area contributed by atoms with E-state index in [2.05, 4.69) is 10.3 Å². The van der Waals surface area contributed by atoms with Crippen molar-refractivity contribution in [1.29, 1.82) is 0 Å². The number of nitrogens with zero attached hydrogens (tertiary/aromatic N) is 2. The van der Waals surface area contributed by atoms with Crippen LogP contribution in [0.2, 0.25) is 0 Å². The lowest BCUT2D eigenvalue weighted by molar-refractivity contribution is 0.545. The van der Waals surface area contributed by atoms with Gasteiger partial charge in [-0.15, -0.1) is 0 Å². The quantitative estimate of drug-likeness (QED) is 0.902. The minimum Gasteiger partial charge on any atom is -0.349 e. The topological polar surface area (TPSA) is 62.3 Å². The fourth-order valence-corrected chi connectivity index (χ4v) is 4.22. The van der Waals surface area contributed by atoms with Crippen molar-refractivity contribution in [3.8, 4) is 0 Å². The highest BCUT2D eigenvalue weighted by Gasteiger charge is 2.31. The van der Waals surface area contributed by atoms with Crippen molar-refractivity contribution in [1.82, 2.24) is 10.3 Å². The molecule has 1 saturated heterocycles. The first-order valence-electron chi connectivity index (χ1n) is 7.30. The van der Waals surface area contributed by atoms with Crippen LogP contribution in [-0.2, 0) is 16.4 Å². The number of pyridine rings is 1. The van der Waals surface area contributed by atoms with Crippen LogP contribution >= 0.6 is 0 Å². The second-order valence-corrected chi connectivity index (χ2v) is 8.15. The highest BCUT2D eigenvalue weighted by molar-refractivity contribution is 7.91. The number of anilines is 1. The number of halogens is 1. The van der Waals surface area contributed by atoms with Gasteiger partial charge in [-0.25, -0.2) is 17.8 Å². The number of aromatic nitrogens is 1. The van der Waals surface area contributed by atoms with Crippen LogP contribution in [0.5, 0.6) is 0 Å². The molecule has 1 atom stereocenters. The predicted octanol–water partition coefficient (Wildman–Crippen LogP) is 1.10. The lowest BCUT2D eigenvalue weighted by Crippen LogP contribution is -2.47. The van der Waals surface area contributed by atoms with Crippen LogP contribution < -0.4 is 10.2 Å². The molecule has 0 radical (unpaired) electrons. The summed E-state index contributed by atoms with van der Waals surface area (Å²) >= 11 is 0. The first kappa shape index (κ1) is 14.7. The lowest BCUT2D eigenvalue weighted by Gasteiger charge is -2.34. The van der Waals surface area contributed by atoms with E-state index < -0.39 is 9.84 Å². The Morgan fingerprint density at radius 2 is 2.24 bits per heavy atom. The first-order valence-corrected chi connectivity index (χ1v) is 9.12. The molecular weight excluding hydrogens is 293 g/mol. The molecule has 116 valence electrons. The van der Waals surface area contributed by atoms with Gasteiger partial charge in [-0.3, -0.25) is 0 Å². The molecule has 3 rings (SSSR count). The molecule has 5 nitrogen and oxygen atoms in total. The molecule has 1 aliphatic heterocycles. The highest BCUT2D eigenvalue weighted by atomic mass is 32.2. The minimum atomic E-state index is -3.01. The van der Waals surface area contributed by atoms with Gasteiger partial charge >= 0.3 is 0 Å². The number of hydrogen-bond donors (Lipinski definition) is 1. The number of rotatable bonds is 4. The predicted molar refractivity (Wildman–Crippen MR) is 79.5 cm³/mol. The first-order chi connectivity index (χ1) is 9.96. The Morgan fingerprint density at radius 3 is 2.90 bits per heavy atom. The van der Waals surface area contributed by atoms with Gasteiger partial charge in [-0.1, -0.05) is 0 Å². The van der Waals surface area contributed by atoms with Crippen molar-refractivity contribution in [3.05, 3.63) is 23.6 Å². The average Bonchev–Trinajstić information content (AvgIpc) is 3.22. The summed E-state index contributed by atoms with van der Waals surface area (Å²) in [7, 11) is -3.01. The second-order valence-electron chi connectivity index (χ2n) is 5.92. The van der Waals surface area contributed by atoms with Crippen LogP contribution in [0.4, 0.5) is 10.2 Å². The summed E-state index contributed by atoms with van der Waals surface area (Å²) in [4.78, 5) is 5.89. The molecule has 2 fully saturated rings. The largest absolute Gasteiger partial charge is 0.349 e. The molecule has 1 saturated carbocycles. The number of nitrogens with one attached hydrogen (secondary N) is 1. The Morgan fingerprint density at radius 1 is 1.48 bits per heavy atom. The molecule has 1 N–H and O–H groups in total. The molecule has 2 heterocycles. The molecule has 0 aromatic carbocycles. The summed E-state index contributed by atoms with van der Waals surface area (Å²) in [5.41, 5.74) is 0.590. The van der Waals surface area contributed by atoms with Gasteiger partial charge in [0.2, 0.25) is 0 Å².